The van der Waals surface area contributed by atoms with Crippen molar-refractivity contribution in [2.75, 3.05) is 6.54 Å². The van der Waals surface area contributed by atoms with Crippen LogP contribution in [0.3, 0.4) is 0 Å². The first-order valence-corrected chi connectivity index (χ1v) is 7.41. The molecule has 2 aromatic heterocycles. The Balaban J connectivity index is 2.06. The molecule has 3 heteroatoms. The van der Waals surface area contributed by atoms with Crippen LogP contribution in [0.1, 0.15) is 36.2 Å². The van der Waals surface area contributed by atoms with Gasteiger partial charge in [0.05, 0.1) is 11.7 Å². The molecule has 0 saturated heterocycles. The van der Waals surface area contributed by atoms with E-state index in [1.54, 1.807) is 11.3 Å². The van der Waals surface area contributed by atoms with Gasteiger partial charge >= 0.3 is 0 Å². The van der Waals surface area contributed by atoms with Gasteiger partial charge in [0.15, 0.2) is 0 Å². The summed E-state index contributed by atoms with van der Waals surface area (Å²) in [6, 6.07) is 6.70. The van der Waals surface area contributed by atoms with Gasteiger partial charge in [-0.1, -0.05) is 13.0 Å². The van der Waals surface area contributed by atoms with E-state index in [1.165, 1.54) is 16.8 Å². The van der Waals surface area contributed by atoms with E-state index in [-0.39, 0.29) is 0 Å². The summed E-state index contributed by atoms with van der Waals surface area (Å²) >= 11 is 1.77. The molecule has 96 valence electrons. The molecule has 0 radical (unpaired) electrons. The average Bonchev–Trinajstić information content (AvgIpc) is 2.88. The van der Waals surface area contributed by atoms with Crippen molar-refractivity contribution in [2.24, 2.45) is 0 Å². The van der Waals surface area contributed by atoms with Crippen molar-refractivity contribution in [3.63, 3.8) is 0 Å². The molecule has 1 N–H and O–H groups in total. The first-order valence-electron chi connectivity index (χ1n) is 6.47. The molecule has 0 amide bonds. The van der Waals surface area contributed by atoms with Crippen LogP contribution in [-0.2, 0) is 6.42 Å². The molecule has 0 fully saturated rings. The van der Waals surface area contributed by atoms with Crippen LogP contribution in [0.4, 0.5) is 0 Å². The standard InChI is InChI=1S/C15H20N2S/c1-3-16-14(7-6-13-8-10-18-11-13)15-12(2)5-4-9-17-15/h4-5,8-11,14,16H,3,6-7H2,1-2H3. The van der Waals surface area contributed by atoms with Crippen LogP contribution >= 0.6 is 11.3 Å². The Morgan fingerprint density at radius 2 is 2.28 bits per heavy atom. The topological polar surface area (TPSA) is 24.9 Å². The molecule has 0 spiro atoms. The Bertz CT molecular complexity index is 465. The fraction of sp³-hybridized carbons (Fsp3) is 0.400. The molecule has 0 aliphatic carbocycles. The van der Waals surface area contributed by atoms with Gasteiger partial charge in [0.1, 0.15) is 0 Å². The van der Waals surface area contributed by atoms with Gasteiger partial charge in [0.2, 0.25) is 0 Å². The predicted octanol–water partition coefficient (Wildman–Crippen LogP) is 3.73. The highest BCUT2D eigenvalue weighted by atomic mass is 32.1. The molecule has 0 saturated carbocycles. The molecule has 2 heterocycles. The first kappa shape index (κ1) is 13.2. The summed E-state index contributed by atoms with van der Waals surface area (Å²) in [5.74, 6) is 0. The van der Waals surface area contributed by atoms with Gasteiger partial charge in [-0.2, -0.15) is 11.3 Å². The highest BCUT2D eigenvalue weighted by molar-refractivity contribution is 7.07. The van der Waals surface area contributed by atoms with Crippen molar-refractivity contribution in [1.29, 1.82) is 0 Å². The maximum atomic E-state index is 4.54. The number of nitrogens with one attached hydrogen (secondary N) is 1. The molecule has 2 rings (SSSR count). The molecule has 0 aromatic carbocycles. The lowest BCUT2D eigenvalue weighted by Crippen LogP contribution is -2.23. The quantitative estimate of drug-likeness (QED) is 0.856. The van der Waals surface area contributed by atoms with Crippen LogP contribution in [0, 0.1) is 6.92 Å². The molecule has 0 bridgehead atoms. The molecular formula is C15H20N2S. The number of aryl methyl sites for hydroxylation is 2. The first-order chi connectivity index (χ1) is 8.81. The van der Waals surface area contributed by atoms with E-state index in [9.17, 15) is 0 Å². The smallest absolute Gasteiger partial charge is 0.0602 e. The van der Waals surface area contributed by atoms with Gasteiger partial charge in [-0.3, -0.25) is 4.98 Å². The number of rotatable bonds is 6. The Morgan fingerprint density at radius 3 is 2.94 bits per heavy atom. The Morgan fingerprint density at radius 1 is 1.39 bits per heavy atom. The maximum Gasteiger partial charge on any atom is 0.0602 e. The third kappa shape index (κ3) is 3.40. The van der Waals surface area contributed by atoms with E-state index in [2.05, 4.69) is 47.0 Å². The lowest BCUT2D eigenvalue weighted by Gasteiger charge is -2.18. The van der Waals surface area contributed by atoms with Gasteiger partial charge in [0.25, 0.3) is 0 Å². The van der Waals surface area contributed by atoms with Crippen molar-refractivity contribution in [3.8, 4) is 0 Å². The molecule has 0 aliphatic rings. The molecule has 2 nitrogen and oxygen atoms in total. The Labute approximate surface area is 113 Å². The van der Waals surface area contributed by atoms with E-state index in [1.807, 2.05) is 12.3 Å². The maximum absolute atomic E-state index is 4.54. The number of aromatic nitrogens is 1. The molecule has 1 atom stereocenters. The van der Waals surface area contributed by atoms with Gasteiger partial charge in [-0.25, -0.2) is 0 Å². The largest absolute Gasteiger partial charge is 0.309 e. The van der Waals surface area contributed by atoms with Crippen molar-refractivity contribution < 1.29 is 0 Å². The van der Waals surface area contributed by atoms with Crippen molar-refractivity contribution in [3.05, 3.63) is 52.0 Å². The Kier molecular flexibility index (Phi) is 4.90. The molecule has 2 aromatic rings. The third-order valence-corrected chi connectivity index (χ3v) is 3.86. The SMILES string of the molecule is CCNC(CCc1ccsc1)c1ncccc1C. The Hall–Kier alpha value is -1.19. The normalized spacial score (nSPS) is 12.6. The van der Waals surface area contributed by atoms with E-state index >= 15 is 0 Å². The van der Waals surface area contributed by atoms with E-state index in [4.69, 9.17) is 0 Å². The highest BCUT2D eigenvalue weighted by Gasteiger charge is 2.13. The minimum absolute atomic E-state index is 0.357. The highest BCUT2D eigenvalue weighted by Crippen LogP contribution is 2.21. The molecular weight excluding hydrogens is 240 g/mol. The summed E-state index contributed by atoms with van der Waals surface area (Å²) in [6.07, 6.45) is 4.09. The lowest BCUT2D eigenvalue weighted by molar-refractivity contribution is 0.501. The molecule has 1 unspecified atom stereocenters. The summed E-state index contributed by atoms with van der Waals surface area (Å²) in [7, 11) is 0. The minimum atomic E-state index is 0.357. The second kappa shape index (κ2) is 6.66. The van der Waals surface area contributed by atoms with Crippen molar-refractivity contribution >= 4 is 11.3 Å². The minimum Gasteiger partial charge on any atom is -0.309 e. The van der Waals surface area contributed by atoms with E-state index < -0.39 is 0 Å². The van der Waals surface area contributed by atoms with E-state index in [0.717, 1.165) is 19.4 Å². The number of nitrogens with zero attached hydrogens (tertiary/aromatic N) is 1. The lowest BCUT2D eigenvalue weighted by atomic mass is 10.0. The van der Waals surface area contributed by atoms with Gasteiger partial charge in [-0.05, 0) is 60.3 Å². The zero-order valence-corrected chi connectivity index (χ0v) is 11.8. The van der Waals surface area contributed by atoms with Crippen molar-refractivity contribution in [2.45, 2.75) is 32.7 Å². The van der Waals surface area contributed by atoms with E-state index in [0.29, 0.717) is 6.04 Å². The van der Waals surface area contributed by atoms with Crippen LogP contribution in [-0.4, -0.2) is 11.5 Å². The van der Waals surface area contributed by atoms with Crippen molar-refractivity contribution in [1.82, 2.24) is 10.3 Å². The second-order valence-electron chi connectivity index (χ2n) is 4.49. The zero-order chi connectivity index (χ0) is 12.8. The monoisotopic (exact) mass is 260 g/mol. The van der Waals surface area contributed by atoms with Gasteiger partial charge in [0, 0.05) is 6.20 Å². The molecule has 0 aliphatic heterocycles. The summed E-state index contributed by atoms with van der Waals surface area (Å²) in [4.78, 5) is 4.54. The molecule has 18 heavy (non-hydrogen) atoms. The number of thiophene rings is 1. The fourth-order valence-corrected chi connectivity index (χ4v) is 2.89. The summed E-state index contributed by atoms with van der Waals surface area (Å²) in [5.41, 5.74) is 3.89. The van der Waals surface area contributed by atoms with Crippen LogP contribution in [0.25, 0.3) is 0 Å². The van der Waals surface area contributed by atoms with Crippen LogP contribution in [0.15, 0.2) is 35.2 Å². The third-order valence-electron chi connectivity index (χ3n) is 3.13. The number of hydrogen-bond acceptors (Lipinski definition) is 3. The summed E-state index contributed by atoms with van der Waals surface area (Å²) in [6.45, 7) is 5.26. The number of hydrogen-bond donors (Lipinski definition) is 1. The predicted molar refractivity (Wildman–Crippen MR) is 78.0 cm³/mol. The summed E-state index contributed by atoms with van der Waals surface area (Å²) < 4.78 is 0. The van der Waals surface area contributed by atoms with Gasteiger partial charge in [-0.15, -0.1) is 0 Å². The number of pyridine rings is 1. The van der Waals surface area contributed by atoms with Crippen LogP contribution in [0.2, 0.25) is 0 Å². The fourth-order valence-electron chi connectivity index (χ4n) is 2.19. The second-order valence-corrected chi connectivity index (χ2v) is 5.27. The summed E-state index contributed by atoms with van der Waals surface area (Å²) in [5, 5.41) is 7.92. The van der Waals surface area contributed by atoms with Gasteiger partial charge < -0.3 is 5.32 Å². The van der Waals surface area contributed by atoms with Crippen LogP contribution in [0.5, 0.6) is 0 Å². The van der Waals surface area contributed by atoms with Crippen LogP contribution < -0.4 is 5.32 Å². The zero-order valence-electron chi connectivity index (χ0n) is 11.0. The average molecular weight is 260 g/mol.